The van der Waals surface area contributed by atoms with Gasteiger partial charge in [0.2, 0.25) is 0 Å². The molecule has 3 aromatic rings. The molecule has 0 atom stereocenters. The van der Waals surface area contributed by atoms with Gasteiger partial charge in [0.15, 0.2) is 5.82 Å². The number of anilines is 1. The molecule has 0 saturated carbocycles. The second kappa shape index (κ2) is 6.93. The van der Waals surface area contributed by atoms with Gasteiger partial charge in [0.1, 0.15) is 16.5 Å². The number of aromatic nitrogens is 2. The average molecular weight is 428 g/mol. The van der Waals surface area contributed by atoms with Crippen molar-refractivity contribution in [2.45, 2.75) is 11.4 Å². The van der Waals surface area contributed by atoms with Crippen LogP contribution in [0.15, 0.2) is 64.1 Å². The van der Waals surface area contributed by atoms with Gasteiger partial charge in [-0.05, 0) is 35.9 Å². The average Bonchev–Trinajstić information content (AvgIpc) is 2.98. The molecule has 2 aromatic carbocycles. The summed E-state index contributed by atoms with van der Waals surface area (Å²) in [5, 5.41) is 4.09. The van der Waals surface area contributed by atoms with E-state index in [1.165, 1.54) is 10.7 Å². The molecule has 1 aromatic heterocycles. The summed E-state index contributed by atoms with van der Waals surface area (Å²) >= 11 is 3.34. The minimum absolute atomic E-state index is 0.0146. The highest BCUT2D eigenvalue weighted by molar-refractivity contribution is 9.10. The van der Waals surface area contributed by atoms with Gasteiger partial charge in [-0.25, -0.2) is 17.2 Å². The van der Waals surface area contributed by atoms with E-state index < -0.39 is 26.6 Å². The van der Waals surface area contributed by atoms with E-state index in [2.05, 4.69) is 25.8 Å². The molecule has 0 fully saturated rings. The predicted octanol–water partition coefficient (Wildman–Crippen LogP) is 3.77. The van der Waals surface area contributed by atoms with Crippen LogP contribution in [0.2, 0.25) is 0 Å². The van der Waals surface area contributed by atoms with Crippen LogP contribution in [0.4, 0.5) is 14.6 Å². The zero-order valence-electron chi connectivity index (χ0n) is 12.7. The maximum atomic E-state index is 13.7. The second-order valence-electron chi connectivity index (χ2n) is 5.21. The van der Waals surface area contributed by atoms with Crippen LogP contribution in [0.25, 0.3) is 0 Å². The monoisotopic (exact) mass is 427 g/mol. The van der Waals surface area contributed by atoms with E-state index in [-0.39, 0.29) is 5.82 Å². The van der Waals surface area contributed by atoms with Crippen molar-refractivity contribution in [3.8, 4) is 0 Å². The van der Waals surface area contributed by atoms with E-state index in [1.54, 1.807) is 6.20 Å². The lowest BCUT2D eigenvalue weighted by atomic mass is 10.2. The zero-order chi connectivity index (χ0) is 18.0. The lowest BCUT2D eigenvalue weighted by Crippen LogP contribution is -2.15. The Morgan fingerprint density at radius 3 is 2.52 bits per heavy atom. The molecule has 0 amide bonds. The highest BCUT2D eigenvalue weighted by Gasteiger charge is 2.21. The summed E-state index contributed by atoms with van der Waals surface area (Å²) < 4.78 is 55.9. The molecule has 0 saturated heterocycles. The minimum atomic E-state index is -4.28. The highest BCUT2D eigenvalue weighted by atomic mass is 79.9. The van der Waals surface area contributed by atoms with E-state index in [0.29, 0.717) is 12.6 Å². The highest BCUT2D eigenvalue weighted by Crippen LogP contribution is 2.19. The lowest BCUT2D eigenvalue weighted by Gasteiger charge is -2.07. The maximum absolute atomic E-state index is 13.7. The van der Waals surface area contributed by atoms with Gasteiger partial charge in [-0.3, -0.25) is 9.40 Å². The summed E-state index contributed by atoms with van der Waals surface area (Å²) in [7, 11) is -4.28. The normalized spacial score (nSPS) is 11.5. The smallest absolute Gasteiger partial charge is 0.266 e. The molecule has 5 nitrogen and oxygen atoms in total. The van der Waals surface area contributed by atoms with Gasteiger partial charge in [-0.2, -0.15) is 5.10 Å². The van der Waals surface area contributed by atoms with Crippen LogP contribution >= 0.6 is 15.9 Å². The van der Waals surface area contributed by atoms with Gasteiger partial charge < -0.3 is 0 Å². The molecule has 0 radical (unpaired) electrons. The third-order valence-corrected chi connectivity index (χ3v) is 5.22. The quantitative estimate of drug-likeness (QED) is 0.673. The molecule has 0 spiro atoms. The van der Waals surface area contributed by atoms with Crippen LogP contribution in [-0.4, -0.2) is 18.2 Å². The van der Waals surface area contributed by atoms with E-state index >= 15 is 0 Å². The van der Waals surface area contributed by atoms with Gasteiger partial charge >= 0.3 is 0 Å². The summed E-state index contributed by atoms with van der Waals surface area (Å²) in [6.45, 7) is 0.434. The first-order valence-electron chi connectivity index (χ1n) is 7.09. The minimum Gasteiger partial charge on any atom is -0.266 e. The van der Waals surface area contributed by atoms with Gasteiger partial charge in [0.05, 0.1) is 6.54 Å². The predicted molar refractivity (Wildman–Crippen MR) is 92.6 cm³/mol. The number of benzene rings is 2. The Labute approximate surface area is 151 Å². The lowest BCUT2D eigenvalue weighted by molar-refractivity contribution is 0.555. The number of halogens is 3. The first-order valence-corrected chi connectivity index (χ1v) is 9.37. The molecule has 0 aliphatic carbocycles. The fraction of sp³-hybridized carbons (Fsp3) is 0.0625. The number of nitrogens with one attached hydrogen (secondary N) is 1. The summed E-state index contributed by atoms with van der Waals surface area (Å²) in [5.41, 5.74) is 0.969. The standard InChI is InChI=1S/C16H12BrF2N3O2S/c17-12-3-1-11(2-4-12)10-22-8-7-16(20-22)21-25(23,24)15-9-13(18)5-6-14(15)19/h1-9H,10H2,(H,20,21). The third-order valence-electron chi connectivity index (χ3n) is 3.32. The first-order chi connectivity index (χ1) is 11.8. The molecule has 0 bridgehead atoms. The topological polar surface area (TPSA) is 64.0 Å². The Kier molecular flexibility index (Phi) is 4.87. The van der Waals surface area contributed by atoms with Crippen LogP contribution in [0, 0.1) is 11.6 Å². The Bertz CT molecular complexity index is 1000. The Morgan fingerprint density at radius 2 is 1.80 bits per heavy atom. The Hall–Kier alpha value is -2.26. The van der Waals surface area contributed by atoms with Crippen molar-refractivity contribution >= 4 is 31.8 Å². The molecule has 9 heteroatoms. The molecular formula is C16H12BrF2N3O2S. The summed E-state index contributed by atoms with van der Waals surface area (Å²) in [4.78, 5) is -0.769. The van der Waals surface area contributed by atoms with Crippen molar-refractivity contribution in [2.24, 2.45) is 0 Å². The van der Waals surface area contributed by atoms with Crippen LogP contribution in [-0.2, 0) is 16.6 Å². The van der Waals surface area contributed by atoms with Gasteiger partial charge in [-0.1, -0.05) is 28.1 Å². The number of nitrogens with zero attached hydrogens (tertiary/aromatic N) is 2. The fourth-order valence-electron chi connectivity index (χ4n) is 2.16. The Morgan fingerprint density at radius 1 is 1.08 bits per heavy atom. The van der Waals surface area contributed by atoms with Crippen molar-refractivity contribution in [1.82, 2.24) is 9.78 Å². The molecule has 0 aliphatic heterocycles. The Balaban J connectivity index is 1.78. The zero-order valence-corrected chi connectivity index (χ0v) is 15.1. The number of sulfonamides is 1. The van der Waals surface area contributed by atoms with Gasteiger partial charge in [0.25, 0.3) is 10.0 Å². The molecular weight excluding hydrogens is 416 g/mol. The fourth-order valence-corrected chi connectivity index (χ4v) is 3.51. The van der Waals surface area contributed by atoms with Crippen molar-refractivity contribution in [1.29, 1.82) is 0 Å². The van der Waals surface area contributed by atoms with E-state index in [4.69, 9.17) is 0 Å². The third kappa shape index (κ3) is 4.23. The first kappa shape index (κ1) is 17.6. The van der Waals surface area contributed by atoms with Gasteiger partial charge in [0, 0.05) is 16.7 Å². The molecule has 1 N–H and O–H groups in total. The SMILES string of the molecule is O=S(=O)(Nc1ccn(Cc2ccc(Br)cc2)n1)c1cc(F)ccc1F. The van der Waals surface area contributed by atoms with Crippen LogP contribution in [0.5, 0.6) is 0 Å². The molecule has 0 unspecified atom stereocenters. The van der Waals surface area contributed by atoms with Gasteiger partial charge in [-0.15, -0.1) is 0 Å². The van der Waals surface area contributed by atoms with Crippen LogP contribution in [0.1, 0.15) is 5.56 Å². The number of rotatable bonds is 5. The number of hydrogen-bond acceptors (Lipinski definition) is 3. The maximum Gasteiger partial charge on any atom is 0.266 e. The number of hydrogen-bond donors (Lipinski definition) is 1. The van der Waals surface area contributed by atoms with E-state index in [1.807, 2.05) is 24.3 Å². The van der Waals surface area contributed by atoms with Crippen LogP contribution < -0.4 is 4.72 Å². The summed E-state index contributed by atoms with van der Waals surface area (Å²) in [6.07, 6.45) is 1.59. The molecule has 1 heterocycles. The van der Waals surface area contributed by atoms with Crippen molar-refractivity contribution in [2.75, 3.05) is 4.72 Å². The summed E-state index contributed by atoms with van der Waals surface area (Å²) in [6, 6.07) is 11.2. The second-order valence-corrected chi connectivity index (χ2v) is 7.77. The molecule has 25 heavy (non-hydrogen) atoms. The molecule has 130 valence electrons. The largest absolute Gasteiger partial charge is 0.266 e. The molecule has 3 rings (SSSR count). The van der Waals surface area contributed by atoms with Crippen molar-refractivity contribution in [3.63, 3.8) is 0 Å². The van der Waals surface area contributed by atoms with Crippen LogP contribution in [0.3, 0.4) is 0 Å². The van der Waals surface area contributed by atoms with E-state index in [9.17, 15) is 17.2 Å². The van der Waals surface area contributed by atoms with E-state index in [0.717, 1.165) is 22.2 Å². The van der Waals surface area contributed by atoms with Crippen molar-refractivity contribution in [3.05, 3.63) is 76.4 Å². The van der Waals surface area contributed by atoms with Crippen molar-refractivity contribution < 1.29 is 17.2 Å². The summed E-state index contributed by atoms with van der Waals surface area (Å²) in [5.74, 6) is -1.87. The molecule has 0 aliphatic rings.